The van der Waals surface area contributed by atoms with Crippen LogP contribution in [0.1, 0.15) is 72.2 Å². The molecule has 0 saturated heterocycles. The Morgan fingerprint density at radius 3 is 0.710 bits per heavy atom. The van der Waals surface area contributed by atoms with Crippen molar-refractivity contribution >= 4 is 34.1 Å². The summed E-state index contributed by atoms with van der Waals surface area (Å²) in [7, 11) is 0. The van der Waals surface area contributed by atoms with E-state index in [4.69, 9.17) is 0 Å². The van der Waals surface area contributed by atoms with Gasteiger partial charge in [-0.1, -0.05) is 295 Å². The number of hydrogen-bond donors (Lipinski definition) is 0. The van der Waals surface area contributed by atoms with E-state index in [0.29, 0.717) is 0 Å². The first-order valence-corrected chi connectivity index (χ1v) is 32.6. The Morgan fingerprint density at radius 2 is 0.387 bits per heavy atom. The first-order chi connectivity index (χ1) is 45.6. The van der Waals surface area contributed by atoms with Gasteiger partial charge >= 0.3 is 0 Å². The summed E-state index contributed by atoms with van der Waals surface area (Å²) in [5.41, 5.74) is 35.3. The third kappa shape index (κ3) is 8.92. The van der Waals surface area contributed by atoms with E-state index in [1.807, 2.05) is 0 Å². The Kier molecular flexibility index (Phi) is 13.2. The molecule has 0 bridgehead atoms. The van der Waals surface area contributed by atoms with E-state index in [2.05, 4.69) is 377 Å². The van der Waals surface area contributed by atoms with Crippen LogP contribution in [-0.4, -0.2) is 0 Å². The maximum atomic E-state index is 2.46. The summed E-state index contributed by atoms with van der Waals surface area (Å²) in [6.07, 6.45) is 0. The third-order valence-corrected chi connectivity index (χ3v) is 20.6. The van der Waals surface area contributed by atoms with E-state index < -0.39 is 5.41 Å². The van der Waals surface area contributed by atoms with Crippen molar-refractivity contribution in [1.82, 2.24) is 0 Å². The van der Waals surface area contributed by atoms with Crippen molar-refractivity contribution in [2.75, 3.05) is 9.80 Å². The quantitative estimate of drug-likeness (QED) is 0.142. The van der Waals surface area contributed by atoms with Crippen molar-refractivity contribution in [3.05, 3.63) is 384 Å². The molecule has 0 N–H and O–H groups in total. The summed E-state index contributed by atoms with van der Waals surface area (Å²) in [5.74, 6) is 0. The summed E-state index contributed by atoms with van der Waals surface area (Å²) >= 11 is 0. The van der Waals surface area contributed by atoms with Gasteiger partial charge in [0.2, 0.25) is 0 Å². The van der Waals surface area contributed by atoms with Gasteiger partial charge in [0.05, 0.1) is 5.41 Å². The predicted octanol–water partition coefficient (Wildman–Crippen LogP) is 24.3. The second kappa shape index (κ2) is 22.0. The van der Waals surface area contributed by atoms with Crippen LogP contribution < -0.4 is 9.80 Å². The summed E-state index contributed by atoms with van der Waals surface area (Å²) in [6.45, 7) is 9.43. The van der Waals surface area contributed by atoms with Crippen LogP contribution in [0.3, 0.4) is 0 Å². The van der Waals surface area contributed by atoms with Crippen molar-refractivity contribution < 1.29 is 0 Å². The second-order valence-electron chi connectivity index (χ2n) is 26.3. The van der Waals surface area contributed by atoms with E-state index in [-0.39, 0.29) is 10.8 Å². The molecule has 14 aromatic rings. The molecule has 93 heavy (non-hydrogen) atoms. The predicted molar refractivity (Wildman–Crippen MR) is 390 cm³/mol. The lowest BCUT2D eigenvalue weighted by atomic mass is 9.70. The van der Waals surface area contributed by atoms with Gasteiger partial charge in [-0.15, -0.1) is 0 Å². The highest BCUT2D eigenvalue weighted by atomic mass is 15.1. The molecule has 0 unspecified atom stereocenters. The van der Waals surface area contributed by atoms with Crippen LogP contribution in [0.5, 0.6) is 0 Å². The average molecular weight is 1190 g/mol. The van der Waals surface area contributed by atoms with Crippen LogP contribution in [0.25, 0.3) is 77.9 Å². The lowest BCUT2D eigenvalue weighted by Crippen LogP contribution is -2.26. The molecule has 2 heteroatoms. The highest BCUT2D eigenvalue weighted by molar-refractivity contribution is 5.97. The molecule has 0 radical (unpaired) electrons. The molecule has 0 fully saturated rings. The third-order valence-electron chi connectivity index (χ3n) is 20.6. The van der Waals surface area contributed by atoms with Crippen molar-refractivity contribution in [1.29, 1.82) is 0 Å². The normalized spacial score (nSPS) is 13.8. The number of hydrogen-bond acceptors (Lipinski definition) is 2. The zero-order chi connectivity index (χ0) is 62.4. The second-order valence-corrected chi connectivity index (χ2v) is 26.3. The molecule has 4 aliphatic rings. The number of fused-ring (bicyclic) bond motifs is 16. The lowest BCUT2D eigenvalue weighted by molar-refractivity contribution is 0.660. The molecular formula is C91H68N2. The van der Waals surface area contributed by atoms with E-state index >= 15 is 0 Å². The van der Waals surface area contributed by atoms with Gasteiger partial charge in [0.15, 0.2) is 0 Å². The fourth-order valence-electron chi connectivity index (χ4n) is 16.1. The topological polar surface area (TPSA) is 6.48 Å². The standard InChI is InChI=1S/C49H33N.C42H35N/c1-3-13-34(14-4-1)36-23-27-38(28-24-36)50(39-29-25-37(26-30-39)35-15-5-2-6-16-35)40-31-32-44-43-19-9-12-22-47(43)49(48(44)33-40)45-20-10-7-17-41(45)42-18-8-11-21-46(42)49;1-41(2)37-16-10-8-14-33(37)35-24-22-31(26-39(35)41)43(30-20-18-29(19-21-30)28-12-6-5-7-13-28)32-23-25-36-34-15-9-11-17-38(34)42(3,4)40(36)27-32/h1-33H;5-27H,1-4H3. The molecular weight excluding hydrogens is 1120 g/mol. The van der Waals surface area contributed by atoms with Crippen molar-refractivity contribution in [3.8, 4) is 77.9 Å². The molecule has 18 rings (SSSR count). The Labute approximate surface area is 546 Å². The first-order valence-electron chi connectivity index (χ1n) is 32.6. The van der Waals surface area contributed by atoms with Crippen LogP contribution >= 0.6 is 0 Å². The van der Waals surface area contributed by atoms with E-state index in [9.17, 15) is 0 Å². The average Bonchev–Trinajstić information content (AvgIpc) is 1.51. The molecule has 0 aromatic heterocycles. The zero-order valence-electron chi connectivity index (χ0n) is 52.7. The van der Waals surface area contributed by atoms with Crippen molar-refractivity contribution in [2.45, 2.75) is 43.9 Å². The minimum atomic E-state index is -0.394. The maximum absolute atomic E-state index is 2.46. The molecule has 4 aliphatic carbocycles. The van der Waals surface area contributed by atoms with Gasteiger partial charge in [0.1, 0.15) is 0 Å². The Balaban J connectivity index is 0.000000144. The highest BCUT2D eigenvalue weighted by Crippen LogP contribution is 2.64. The lowest BCUT2D eigenvalue weighted by Gasteiger charge is -2.32. The summed E-state index contributed by atoms with van der Waals surface area (Å²) in [4.78, 5) is 4.85. The van der Waals surface area contributed by atoms with E-state index in [1.54, 1.807) is 0 Å². The summed E-state index contributed by atoms with van der Waals surface area (Å²) in [6, 6.07) is 125. The first kappa shape index (κ1) is 55.7. The van der Waals surface area contributed by atoms with E-state index in [1.165, 1.54) is 134 Å². The summed E-state index contributed by atoms with van der Waals surface area (Å²) < 4.78 is 0. The Bertz CT molecular complexity index is 4920. The van der Waals surface area contributed by atoms with Crippen LogP contribution in [0.2, 0.25) is 0 Å². The largest absolute Gasteiger partial charge is 0.310 e. The van der Waals surface area contributed by atoms with Gasteiger partial charge in [-0.2, -0.15) is 0 Å². The SMILES string of the molecule is CC1(C)c2ccccc2-c2ccc(N(c3ccc(-c4ccccc4)cc3)c3ccc4c(c3)C(C)(C)c3ccccc3-4)cc21.c1ccc(-c2ccc(N(c3ccc(-c4ccccc4)cc3)c3ccc4c(c3)C3(c5ccccc5-c5ccccc53)c3ccccc3-4)cc2)cc1. The van der Waals surface area contributed by atoms with Gasteiger partial charge in [-0.25, -0.2) is 0 Å². The summed E-state index contributed by atoms with van der Waals surface area (Å²) in [5, 5.41) is 0. The molecule has 0 amide bonds. The van der Waals surface area contributed by atoms with Crippen molar-refractivity contribution in [2.24, 2.45) is 0 Å². The van der Waals surface area contributed by atoms with E-state index in [0.717, 1.165) is 22.7 Å². The van der Waals surface area contributed by atoms with Crippen LogP contribution in [0, 0.1) is 0 Å². The molecule has 2 nitrogen and oxygen atoms in total. The van der Waals surface area contributed by atoms with Gasteiger partial charge in [-0.3, -0.25) is 0 Å². The number of nitrogens with zero attached hydrogens (tertiary/aromatic N) is 2. The smallest absolute Gasteiger partial charge is 0.0726 e. The maximum Gasteiger partial charge on any atom is 0.0726 e. The molecule has 0 saturated carbocycles. The molecule has 14 aromatic carbocycles. The highest BCUT2D eigenvalue weighted by Gasteiger charge is 2.52. The number of anilines is 6. The van der Waals surface area contributed by atoms with Crippen LogP contribution in [0.15, 0.2) is 340 Å². The number of benzene rings is 14. The van der Waals surface area contributed by atoms with Crippen molar-refractivity contribution in [3.63, 3.8) is 0 Å². The van der Waals surface area contributed by atoms with Gasteiger partial charge < -0.3 is 9.80 Å². The molecule has 0 atom stereocenters. The Hall–Kier alpha value is -11.3. The zero-order valence-corrected chi connectivity index (χ0v) is 52.7. The fraction of sp³-hybridized carbons (Fsp3) is 0.0769. The molecule has 1 spiro atoms. The molecule has 0 aliphatic heterocycles. The minimum Gasteiger partial charge on any atom is -0.310 e. The Morgan fingerprint density at radius 1 is 0.172 bits per heavy atom. The van der Waals surface area contributed by atoms with Crippen LogP contribution in [-0.2, 0) is 16.2 Å². The fourth-order valence-corrected chi connectivity index (χ4v) is 16.1. The van der Waals surface area contributed by atoms with Gasteiger partial charge in [0.25, 0.3) is 0 Å². The van der Waals surface area contributed by atoms with Gasteiger partial charge in [0, 0.05) is 45.0 Å². The molecule has 442 valence electrons. The number of rotatable bonds is 9. The van der Waals surface area contributed by atoms with Gasteiger partial charge in [-0.05, 0) is 195 Å². The molecule has 0 heterocycles. The minimum absolute atomic E-state index is 0.0632. The van der Waals surface area contributed by atoms with Crippen LogP contribution in [0.4, 0.5) is 34.1 Å². The monoisotopic (exact) mass is 1190 g/mol.